The van der Waals surface area contributed by atoms with Crippen molar-refractivity contribution >= 4 is 17.2 Å². The number of amides is 1. The van der Waals surface area contributed by atoms with E-state index in [0.29, 0.717) is 13.0 Å². The van der Waals surface area contributed by atoms with Crippen LogP contribution in [-0.4, -0.2) is 22.5 Å². The molecule has 0 radical (unpaired) electrons. The van der Waals surface area contributed by atoms with Crippen LogP contribution < -0.4 is 5.32 Å². The molecule has 1 amide bonds. The van der Waals surface area contributed by atoms with E-state index in [1.54, 1.807) is 23.7 Å². The second-order valence-electron chi connectivity index (χ2n) is 5.39. The van der Waals surface area contributed by atoms with Crippen molar-refractivity contribution in [2.75, 3.05) is 6.61 Å². The molecule has 1 atom stereocenters. The summed E-state index contributed by atoms with van der Waals surface area (Å²) in [5.41, 5.74) is 1.95. The molecule has 0 aliphatic carbocycles. The lowest BCUT2D eigenvalue weighted by atomic mass is 10.1. The number of carbonyl (C=O) groups is 1. The fraction of sp³-hybridized carbons (Fsp3) is 0.438. The first-order chi connectivity index (χ1) is 10.8. The van der Waals surface area contributed by atoms with Crippen LogP contribution in [0.1, 0.15) is 42.3 Å². The van der Waals surface area contributed by atoms with Gasteiger partial charge in [0.15, 0.2) is 5.82 Å². The maximum atomic E-state index is 11.8. The fourth-order valence-electron chi connectivity index (χ4n) is 2.41. The number of nitrogens with one attached hydrogen (secondary N) is 1. The summed E-state index contributed by atoms with van der Waals surface area (Å²) < 4.78 is 5.67. The van der Waals surface area contributed by atoms with Crippen molar-refractivity contribution in [2.24, 2.45) is 0 Å². The third-order valence-electron chi connectivity index (χ3n) is 3.63. The third-order valence-corrected chi connectivity index (χ3v) is 4.36. The lowest BCUT2D eigenvalue weighted by molar-refractivity contribution is -0.120. The van der Waals surface area contributed by atoms with E-state index < -0.39 is 0 Å². The summed E-state index contributed by atoms with van der Waals surface area (Å²) in [6, 6.07) is 1.96. The molecule has 0 bridgehead atoms. The molecule has 1 saturated heterocycles. The number of ether oxygens (including phenoxy) is 1. The van der Waals surface area contributed by atoms with Gasteiger partial charge in [0.2, 0.25) is 5.91 Å². The number of aromatic nitrogens is 2. The highest BCUT2D eigenvalue weighted by Crippen LogP contribution is 2.24. The molecular formula is C16H19N3O2S. The molecular weight excluding hydrogens is 298 g/mol. The number of rotatable bonds is 5. The Morgan fingerprint density at radius 3 is 2.86 bits per heavy atom. The Morgan fingerprint density at radius 1 is 1.32 bits per heavy atom. The molecule has 3 rings (SSSR count). The molecule has 22 heavy (non-hydrogen) atoms. The Kier molecular flexibility index (Phi) is 5.13. The van der Waals surface area contributed by atoms with Crippen molar-refractivity contribution < 1.29 is 9.53 Å². The zero-order valence-electron chi connectivity index (χ0n) is 12.3. The molecule has 1 N–H and O–H groups in total. The summed E-state index contributed by atoms with van der Waals surface area (Å²) >= 11 is 1.60. The smallest absolute Gasteiger partial charge is 0.224 e. The molecule has 2 aromatic heterocycles. The van der Waals surface area contributed by atoms with Gasteiger partial charge in [0, 0.05) is 31.1 Å². The van der Waals surface area contributed by atoms with Crippen molar-refractivity contribution in [2.45, 2.75) is 38.3 Å². The van der Waals surface area contributed by atoms with Crippen molar-refractivity contribution in [1.82, 2.24) is 15.3 Å². The van der Waals surface area contributed by atoms with Gasteiger partial charge >= 0.3 is 0 Å². The van der Waals surface area contributed by atoms with Crippen molar-refractivity contribution in [3.05, 3.63) is 46.2 Å². The molecule has 1 unspecified atom stereocenters. The van der Waals surface area contributed by atoms with Gasteiger partial charge in [-0.2, -0.15) is 11.3 Å². The minimum absolute atomic E-state index is 0.0121. The van der Waals surface area contributed by atoms with Crippen molar-refractivity contribution in [3.63, 3.8) is 0 Å². The van der Waals surface area contributed by atoms with Crippen LogP contribution in [0.15, 0.2) is 29.2 Å². The topological polar surface area (TPSA) is 64.1 Å². The summed E-state index contributed by atoms with van der Waals surface area (Å²) in [6.45, 7) is 1.24. The maximum Gasteiger partial charge on any atom is 0.224 e. The quantitative estimate of drug-likeness (QED) is 0.921. The molecule has 1 aliphatic rings. The van der Waals surface area contributed by atoms with Gasteiger partial charge in [-0.15, -0.1) is 0 Å². The lowest BCUT2D eigenvalue weighted by Crippen LogP contribution is -2.24. The van der Waals surface area contributed by atoms with Crippen LogP contribution in [-0.2, 0) is 22.5 Å². The molecule has 3 heterocycles. The number of hydrogen-bond acceptors (Lipinski definition) is 5. The molecule has 5 nitrogen and oxygen atoms in total. The number of hydrogen-bond donors (Lipinski definition) is 1. The van der Waals surface area contributed by atoms with E-state index in [1.165, 1.54) is 0 Å². The zero-order valence-corrected chi connectivity index (χ0v) is 13.1. The van der Waals surface area contributed by atoms with E-state index in [4.69, 9.17) is 4.74 Å². The van der Waals surface area contributed by atoms with Crippen molar-refractivity contribution in [3.8, 4) is 0 Å². The number of thiophene rings is 1. The van der Waals surface area contributed by atoms with E-state index in [0.717, 1.165) is 42.8 Å². The van der Waals surface area contributed by atoms with Crippen LogP contribution in [0.5, 0.6) is 0 Å². The van der Waals surface area contributed by atoms with Gasteiger partial charge in [-0.25, -0.2) is 9.97 Å². The molecule has 0 aromatic carbocycles. The predicted octanol–water partition coefficient (Wildman–Crippen LogP) is 2.64. The highest BCUT2D eigenvalue weighted by atomic mass is 32.1. The largest absolute Gasteiger partial charge is 0.370 e. The summed E-state index contributed by atoms with van der Waals surface area (Å²) in [4.78, 5) is 20.6. The van der Waals surface area contributed by atoms with Crippen LogP contribution >= 0.6 is 11.3 Å². The van der Waals surface area contributed by atoms with Crippen LogP contribution in [0.25, 0.3) is 0 Å². The molecule has 1 aliphatic heterocycles. The van der Waals surface area contributed by atoms with Crippen LogP contribution in [0.2, 0.25) is 0 Å². The average molecular weight is 317 g/mol. The normalized spacial score (nSPS) is 18.1. The van der Waals surface area contributed by atoms with Gasteiger partial charge in [0.05, 0.1) is 6.42 Å². The van der Waals surface area contributed by atoms with Gasteiger partial charge < -0.3 is 10.1 Å². The molecule has 0 spiro atoms. The van der Waals surface area contributed by atoms with Gasteiger partial charge in [0.1, 0.15) is 6.10 Å². The van der Waals surface area contributed by atoms with E-state index in [1.807, 2.05) is 16.8 Å². The Labute approximate surface area is 133 Å². The summed E-state index contributed by atoms with van der Waals surface area (Å²) in [7, 11) is 0. The average Bonchev–Trinajstić information content (AvgIpc) is 3.07. The first kappa shape index (κ1) is 15.1. The Balaban J connectivity index is 1.49. The lowest BCUT2D eigenvalue weighted by Gasteiger charge is -2.21. The molecule has 2 aromatic rings. The first-order valence-electron chi connectivity index (χ1n) is 7.51. The highest BCUT2D eigenvalue weighted by molar-refractivity contribution is 7.07. The Morgan fingerprint density at radius 2 is 2.18 bits per heavy atom. The fourth-order valence-corrected chi connectivity index (χ4v) is 3.08. The predicted molar refractivity (Wildman–Crippen MR) is 84.4 cm³/mol. The van der Waals surface area contributed by atoms with Crippen LogP contribution in [0, 0.1) is 0 Å². The molecule has 0 saturated carbocycles. The number of carbonyl (C=O) groups excluding carboxylic acids is 1. The zero-order chi connectivity index (χ0) is 15.2. The molecule has 1 fully saturated rings. The highest BCUT2D eigenvalue weighted by Gasteiger charge is 2.18. The number of nitrogens with zero attached hydrogens (tertiary/aromatic N) is 2. The molecule has 6 heteroatoms. The van der Waals surface area contributed by atoms with E-state index in [-0.39, 0.29) is 12.0 Å². The minimum Gasteiger partial charge on any atom is -0.370 e. The van der Waals surface area contributed by atoms with Crippen molar-refractivity contribution in [1.29, 1.82) is 0 Å². The monoisotopic (exact) mass is 317 g/mol. The SMILES string of the molecule is O=C(Cc1ccsc1)NCc1cnc(C2CCCCO2)nc1. The molecule has 116 valence electrons. The maximum absolute atomic E-state index is 11.8. The Hall–Kier alpha value is -1.79. The van der Waals surface area contributed by atoms with E-state index >= 15 is 0 Å². The summed E-state index contributed by atoms with van der Waals surface area (Å²) in [5.74, 6) is 0.756. The van der Waals surface area contributed by atoms with Crippen LogP contribution in [0.3, 0.4) is 0 Å². The summed E-state index contributed by atoms with van der Waals surface area (Å²) in [5, 5.41) is 6.85. The van der Waals surface area contributed by atoms with E-state index in [2.05, 4.69) is 15.3 Å². The van der Waals surface area contributed by atoms with Crippen LogP contribution in [0.4, 0.5) is 0 Å². The van der Waals surface area contributed by atoms with Gasteiger partial charge in [-0.3, -0.25) is 4.79 Å². The second-order valence-corrected chi connectivity index (χ2v) is 6.17. The first-order valence-corrected chi connectivity index (χ1v) is 8.46. The van der Waals surface area contributed by atoms with Gasteiger partial charge in [0.25, 0.3) is 0 Å². The van der Waals surface area contributed by atoms with E-state index in [9.17, 15) is 4.79 Å². The standard InChI is InChI=1S/C16H19N3O2S/c20-15(7-12-4-6-22-11-12)17-8-13-9-18-16(19-10-13)14-3-1-2-5-21-14/h4,6,9-11,14H,1-3,5,7-8H2,(H,17,20). The second kappa shape index (κ2) is 7.47. The summed E-state index contributed by atoms with van der Waals surface area (Å²) in [6.07, 6.45) is 7.24. The van der Waals surface area contributed by atoms with Gasteiger partial charge in [-0.1, -0.05) is 0 Å². The van der Waals surface area contributed by atoms with Gasteiger partial charge in [-0.05, 0) is 41.7 Å². The Bertz CT molecular complexity index is 592. The minimum atomic E-state index is 0.0121. The third kappa shape index (κ3) is 4.11.